The van der Waals surface area contributed by atoms with Crippen LogP contribution in [0.5, 0.6) is 0 Å². The van der Waals surface area contributed by atoms with E-state index in [1.54, 1.807) is 6.08 Å². The first kappa shape index (κ1) is 8.00. The van der Waals surface area contributed by atoms with E-state index in [2.05, 4.69) is 0 Å². The van der Waals surface area contributed by atoms with E-state index in [4.69, 9.17) is 12.2 Å². The standard InChI is InChI=1S/C5H7NO2S2/c1-6(7)5(9)3-2-4-10(6)8/h2,4H,3H2,1H3. The van der Waals surface area contributed by atoms with Crippen LogP contribution in [0.1, 0.15) is 6.42 Å². The summed E-state index contributed by atoms with van der Waals surface area (Å²) in [7, 11) is -0.213. The van der Waals surface area contributed by atoms with E-state index >= 15 is 0 Å². The van der Waals surface area contributed by atoms with Crippen molar-refractivity contribution in [1.29, 1.82) is 0 Å². The first-order valence-corrected chi connectivity index (χ1v) is 4.32. The Bertz CT molecular complexity index is 222. The zero-order valence-electron chi connectivity index (χ0n) is 5.44. The fourth-order valence-electron chi connectivity index (χ4n) is 0.614. The lowest BCUT2D eigenvalue weighted by Crippen LogP contribution is -2.44. The number of hydrogen-bond donors (Lipinski definition) is 0. The summed E-state index contributed by atoms with van der Waals surface area (Å²) < 4.78 is 10.0. The average molecular weight is 177 g/mol. The number of quaternary nitrogens is 1. The van der Waals surface area contributed by atoms with Gasteiger partial charge in [-0.15, -0.1) is 0 Å². The van der Waals surface area contributed by atoms with Crippen LogP contribution in [-0.2, 0) is 11.0 Å². The molecule has 0 aromatic rings. The quantitative estimate of drug-likeness (QED) is 0.313. The fraction of sp³-hybridized carbons (Fsp3) is 0.400. The van der Waals surface area contributed by atoms with Gasteiger partial charge in [-0.3, -0.25) is 0 Å². The van der Waals surface area contributed by atoms with Crippen LogP contribution in [0.4, 0.5) is 0 Å². The molecule has 2 atom stereocenters. The Morgan fingerprint density at radius 1 is 1.90 bits per heavy atom. The minimum atomic E-state index is -1.52. The number of rotatable bonds is 0. The third kappa shape index (κ3) is 1.17. The van der Waals surface area contributed by atoms with Crippen LogP contribution in [0, 0.1) is 5.21 Å². The second-order valence-corrected chi connectivity index (χ2v) is 4.08. The zero-order chi connectivity index (χ0) is 7.78. The van der Waals surface area contributed by atoms with Gasteiger partial charge in [0.05, 0.1) is 18.9 Å². The summed E-state index contributed by atoms with van der Waals surface area (Å²) in [6.07, 6.45) is 2.12. The van der Waals surface area contributed by atoms with Gasteiger partial charge in [0, 0.05) is 0 Å². The van der Waals surface area contributed by atoms with Gasteiger partial charge >= 0.3 is 0 Å². The van der Waals surface area contributed by atoms with Crippen molar-refractivity contribution in [3.8, 4) is 0 Å². The smallest absolute Gasteiger partial charge is 0.237 e. The molecule has 0 amide bonds. The lowest BCUT2D eigenvalue weighted by atomic mass is 10.4. The molecular formula is C5H7NO2S2. The van der Waals surface area contributed by atoms with Crippen molar-refractivity contribution in [2.45, 2.75) is 6.42 Å². The molecular weight excluding hydrogens is 170 g/mol. The van der Waals surface area contributed by atoms with Gasteiger partial charge in [-0.25, -0.2) is 4.05 Å². The summed E-state index contributed by atoms with van der Waals surface area (Å²) in [5, 5.41) is 12.6. The van der Waals surface area contributed by atoms with Crippen molar-refractivity contribution in [2.75, 3.05) is 7.05 Å². The molecule has 5 heteroatoms. The van der Waals surface area contributed by atoms with Gasteiger partial charge in [-0.2, -0.15) is 4.21 Å². The first-order valence-electron chi connectivity index (χ1n) is 2.74. The van der Waals surface area contributed by atoms with E-state index in [1.807, 2.05) is 0 Å². The zero-order valence-corrected chi connectivity index (χ0v) is 7.08. The molecule has 0 radical (unpaired) electrons. The summed E-state index contributed by atoms with van der Waals surface area (Å²) in [5.41, 5.74) is 0. The molecule has 1 rings (SSSR count). The van der Waals surface area contributed by atoms with Gasteiger partial charge in [0.25, 0.3) is 0 Å². The summed E-state index contributed by atoms with van der Waals surface area (Å²) in [5.74, 6) is 0. The van der Waals surface area contributed by atoms with E-state index in [0.29, 0.717) is 6.42 Å². The molecule has 0 aromatic carbocycles. The highest BCUT2D eigenvalue weighted by Crippen LogP contribution is 2.16. The van der Waals surface area contributed by atoms with E-state index in [1.165, 1.54) is 12.5 Å². The second-order valence-electron chi connectivity index (χ2n) is 2.09. The predicted molar refractivity (Wildman–Crippen MR) is 44.0 cm³/mol. The fourth-order valence-corrected chi connectivity index (χ4v) is 1.70. The monoisotopic (exact) mass is 177 g/mol. The van der Waals surface area contributed by atoms with Crippen LogP contribution in [0.3, 0.4) is 0 Å². The van der Waals surface area contributed by atoms with Crippen LogP contribution in [0.2, 0.25) is 0 Å². The highest BCUT2D eigenvalue weighted by Gasteiger charge is 2.26. The Balaban J connectivity index is 3.00. The number of hydrogen-bond acceptors (Lipinski definition) is 3. The van der Waals surface area contributed by atoms with Gasteiger partial charge in [0.2, 0.25) is 11.0 Å². The Hall–Kier alpha value is -0.100. The van der Waals surface area contributed by atoms with Crippen molar-refractivity contribution >= 4 is 28.2 Å². The molecule has 1 heterocycles. The molecule has 1 aliphatic heterocycles. The summed E-state index contributed by atoms with van der Waals surface area (Å²) in [6, 6.07) is 0. The molecule has 0 saturated carbocycles. The maximum absolute atomic E-state index is 11.2. The predicted octanol–water partition coefficient (Wildman–Crippen LogP) is 0.839. The van der Waals surface area contributed by atoms with Crippen LogP contribution < -0.4 is 0 Å². The van der Waals surface area contributed by atoms with E-state index < -0.39 is 15.0 Å². The second kappa shape index (κ2) is 2.50. The molecule has 10 heavy (non-hydrogen) atoms. The number of thiocarbonyl (C=S) groups is 1. The van der Waals surface area contributed by atoms with Gasteiger partial charge in [-0.05, 0) is 12.2 Å². The highest BCUT2D eigenvalue weighted by molar-refractivity contribution is 7.85. The van der Waals surface area contributed by atoms with E-state index in [0.717, 1.165) is 0 Å². The molecule has 0 saturated heterocycles. The maximum atomic E-state index is 11.2. The van der Waals surface area contributed by atoms with Crippen LogP contribution >= 0.6 is 12.2 Å². The van der Waals surface area contributed by atoms with Crippen LogP contribution in [0.15, 0.2) is 11.5 Å². The third-order valence-electron chi connectivity index (χ3n) is 1.30. The molecule has 0 aromatic heterocycles. The van der Waals surface area contributed by atoms with E-state index in [9.17, 15) is 9.42 Å². The Labute approximate surface area is 67.1 Å². The molecule has 0 bridgehead atoms. The molecule has 56 valence electrons. The average Bonchev–Trinajstić information content (AvgIpc) is 1.84. The van der Waals surface area contributed by atoms with Crippen molar-refractivity contribution in [2.24, 2.45) is 0 Å². The molecule has 3 nitrogen and oxygen atoms in total. The first-order chi connectivity index (χ1) is 4.55. The van der Waals surface area contributed by atoms with Gasteiger partial charge in [-0.1, -0.05) is 6.08 Å². The van der Waals surface area contributed by atoms with Crippen LogP contribution in [-0.4, -0.2) is 20.3 Å². The van der Waals surface area contributed by atoms with Crippen LogP contribution in [0.25, 0.3) is 0 Å². The highest BCUT2D eigenvalue weighted by atomic mass is 32.2. The van der Waals surface area contributed by atoms with Gasteiger partial charge in [0.1, 0.15) is 0 Å². The summed E-state index contributed by atoms with van der Waals surface area (Å²) in [4.78, 5) is 0.279. The summed E-state index contributed by atoms with van der Waals surface area (Å²) >= 11 is 4.73. The molecule has 1 aliphatic rings. The molecule has 0 spiro atoms. The number of nitrogens with zero attached hydrogens (tertiary/aromatic N) is 1. The lowest BCUT2D eigenvalue weighted by molar-refractivity contribution is -0.615. The molecule has 0 aliphatic carbocycles. The van der Waals surface area contributed by atoms with E-state index in [-0.39, 0.29) is 4.99 Å². The summed E-state index contributed by atoms with van der Waals surface area (Å²) in [6.45, 7) is 0. The molecule has 2 unspecified atom stereocenters. The van der Waals surface area contributed by atoms with Crippen molar-refractivity contribution in [1.82, 2.24) is 0 Å². The SMILES string of the molecule is C[N+]1([O-])C(=S)CC=CS1=O. The minimum absolute atomic E-state index is 0.279. The largest absolute Gasteiger partial charge is 0.612 e. The Morgan fingerprint density at radius 2 is 2.50 bits per heavy atom. The van der Waals surface area contributed by atoms with Gasteiger partial charge in [0.15, 0.2) is 4.99 Å². The molecule has 0 fully saturated rings. The Morgan fingerprint density at radius 3 is 2.90 bits per heavy atom. The number of hydroxylamine groups is 2. The minimum Gasteiger partial charge on any atom is -0.612 e. The Kier molecular flexibility index (Phi) is 2.00. The molecule has 0 N–H and O–H groups in total. The normalized spacial score (nSPS) is 40.2. The lowest BCUT2D eigenvalue weighted by Gasteiger charge is -2.35. The van der Waals surface area contributed by atoms with Crippen molar-refractivity contribution < 1.29 is 8.26 Å². The maximum Gasteiger partial charge on any atom is 0.237 e. The van der Waals surface area contributed by atoms with Crippen molar-refractivity contribution in [3.63, 3.8) is 0 Å². The van der Waals surface area contributed by atoms with Gasteiger partial charge < -0.3 is 5.21 Å². The van der Waals surface area contributed by atoms with Crippen molar-refractivity contribution in [3.05, 3.63) is 16.7 Å². The third-order valence-corrected chi connectivity index (χ3v) is 3.26. The topological polar surface area (TPSA) is 40.1 Å².